The molecule has 164 valence electrons. The molecule has 0 spiro atoms. The van der Waals surface area contributed by atoms with Crippen LogP contribution in [0.25, 0.3) is 0 Å². The number of hydrogen-bond acceptors (Lipinski definition) is 7. The number of hydrogen-bond donors (Lipinski definition) is 0. The molecule has 0 N–H and O–H groups in total. The van der Waals surface area contributed by atoms with E-state index in [2.05, 4.69) is 0 Å². The van der Waals surface area contributed by atoms with Crippen molar-refractivity contribution >= 4 is 48.2 Å². The largest absolute Gasteiger partial charge is 0.454 e. The van der Waals surface area contributed by atoms with Crippen LogP contribution in [0.4, 0.5) is 18.9 Å². The van der Waals surface area contributed by atoms with Crippen molar-refractivity contribution in [3.05, 3.63) is 56.1 Å². The van der Waals surface area contributed by atoms with Gasteiger partial charge in [-0.1, -0.05) is 23.2 Å². The number of halogens is 5. The summed E-state index contributed by atoms with van der Waals surface area (Å²) in [5.74, 6) is -0.244. The molecule has 0 bridgehead atoms. The highest BCUT2D eigenvalue weighted by atomic mass is 35.5. The van der Waals surface area contributed by atoms with E-state index in [1.807, 2.05) is 0 Å². The average molecular weight is 506 g/mol. The monoisotopic (exact) mass is 505 g/mol. The summed E-state index contributed by atoms with van der Waals surface area (Å²) in [6, 6.07) is 4.88. The van der Waals surface area contributed by atoms with E-state index in [1.54, 1.807) is 0 Å². The van der Waals surface area contributed by atoms with Gasteiger partial charge in [-0.25, -0.2) is 0 Å². The minimum Gasteiger partial charge on any atom is -0.454 e. The molecule has 0 fully saturated rings. The molecule has 0 unspecified atom stereocenters. The number of nitro benzene ring substituents is 1. The van der Waals surface area contributed by atoms with Gasteiger partial charge in [-0.2, -0.15) is 13.2 Å². The second-order valence-electron chi connectivity index (χ2n) is 5.50. The number of nitrogens with zero attached hydrogens (tertiary/aromatic N) is 1. The van der Waals surface area contributed by atoms with Crippen LogP contribution in [0.15, 0.2) is 35.2 Å². The van der Waals surface area contributed by atoms with Crippen molar-refractivity contribution in [2.24, 2.45) is 0 Å². The van der Waals surface area contributed by atoms with Gasteiger partial charge in [-0.05, 0) is 18.2 Å². The Labute approximate surface area is 183 Å². The van der Waals surface area contributed by atoms with Gasteiger partial charge in [0.2, 0.25) is 0 Å². The lowest BCUT2D eigenvalue weighted by Crippen LogP contribution is -2.05. The second kappa shape index (κ2) is 9.76. The molecule has 0 atom stereocenters. The van der Waals surface area contributed by atoms with Crippen LogP contribution >= 0.6 is 42.6 Å². The van der Waals surface area contributed by atoms with Crippen LogP contribution in [-0.4, -0.2) is 24.6 Å². The first-order valence-electron chi connectivity index (χ1n) is 7.76. The van der Waals surface area contributed by atoms with Crippen LogP contribution < -0.4 is 4.74 Å². The summed E-state index contributed by atoms with van der Waals surface area (Å²) in [7, 11) is -1.12. The molecule has 0 saturated heterocycles. The van der Waals surface area contributed by atoms with E-state index in [-0.39, 0.29) is 27.6 Å². The predicted molar refractivity (Wildman–Crippen MR) is 107 cm³/mol. The zero-order chi connectivity index (χ0) is 22.7. The summed E-state index contributed by atoms with van der Waals surface area (Å²) in [4.78, 5) is 10.7. The van der Waals surface area contributed by atoms with Crippen molar-refractivity contribution in [2.75, 3.05) is 19.7 Å². The fourth-order valence-electron chi connectivity index (χ4n) is 2.09. The normalized spacial score (nSPS) is 12.1. The summed E-state index contributed by atoms with van der Waals surface area (Å²) >= 11 is 12.6. The number of benzene rings is 2. The molecular formula is C16H13Cl2F3NO6PS. The first-order valence-corrected chi connectivity index (χ1v) is 11.2. The Kier molecular flexibility index (Phi) is 8.06. The van der Waals surface area contributed by atoms with Crippen molar-refractivity contribution in [3.63, 3.8) is 0 Å². The van der Waals surface area contributed by atoms with E-state index in [0.29, 0.717) is 12.1 Å². The first-order chi connectivity index (χ1) is 13.9. The third-order valence-corrected chi connectivity index (χ3v) is 7.70. The van der Waals surface area contributed by atoms with E-state index in [1.165, 1.54) is 26.4 Å². The van der Waals surface area contributed by atoms with Gasteiger partial charge in [0.1, 0.15) is 11.2 Å². The standard InChI is InChI=1S/C16H13Cl2F3NO6PS/c1-26-29(25,27-2)8-30-14-7-10(3-4-13(14)22(23)24)28-15-11(17)5-9(6-12(15)18)16(19,20)21/h3-7H,8H2,1-2H3. The number of rotatable bonds is 8. The highest BCUT2D eigenvalue weighted by molar-refractivity contribution is 8.04. The maximum atomic E-state index is 12.9. The molecule has 0 radical (unpaired) electrons. The number of nitro groups is 1. The van der Waals surface area contributed by atoms with Crippen LogP contribution in [0.3, 0.4) is 0 Å². The Morgan fingerprint density at radius 1 is 1.13 bits per heavy atom. The zero-order valence-corrected chi connectivity index (χ0v) is 18.5. The van der Waals surface area contributed by atoms with E-state index >= 15 is 0 Å². The van der Waals surface area contributed by atoms with Gasteiger partial charge in [-0.3, -0.25) is 14.7 Å². The van der Waals surface area contributed by atoms with Gasteiger partial charge in [-0.15, -0.1) is 11.8 Å². The summed E-state index contributed by atoms with van der Waals surface area (Å²) in [5.41, 5.74) is -1.60. The molecule has 14 heteroatoms. The molecule has 30 heavy (non-hydrogen) atoms. The molecular weight excluding hydrogens is 493 g/mol. The highest BCUT2D eigenvalue weighted by Gasteiger charge is 2.32. The van der Waals surface area contributed by atoms with Crippen LogP contribution in [0.2, 0.25) is 10.0 Å². The van der Waals surface area contributed by atoms with Crippen LogP contribution in [-0.2, 0) is 19.8 Å². The molecule has 0 aromatic heterocycles. The highest BCUT2D eigenvalue weighted by Crippen LogP contribution is 2.52. The molecule has 2 rings (SSSR count). The fraction of sp³-hybridized carbons (Fsp3) is 0.250. The molecule has 0 heterocycles. The Balaban J connectivity index is 2.38. The molecule has 7 nitrogen and oxygen atoms in total. The lowest BCUT2D eigenvalue weighted by molar-refractivity contribution is -0.387. The Morgan fingerprint density at radius 3 is 2.17 bits per heavy atom. The summed E-state index contributed by atoms with van der Waals surface area (Å²) in [5, 5.41) is 10.5. The Bertz CT molecular complexity index is 976. The summed E-state index contributed by atoms with van der Waals surface area (Å²) in [6.07, 6.45) is -4.65. The van der Waals surface area contributed by atoms with Crippen LogP contribution in [0.1, 0.15) is 5.56 Å². The second-order valence-corrected chi connectivity index (χ2v) is 10.0. The SMILES string of the molecule is COP(=O)(CSc1cc(Oc2c(Cl)cc(C(F)(F)F)cc2Cl)ccc1[N+](=O)[O-])OC. The van der Waals surface area contributed by atoms with E-state index in [0.717, 1.165) is 17.8 Å². The third-order valence-electron chi connectivity index (χ3n) is 3.61. The molecule has 0 aliphatic rings. The first kappa shape index (κ1) is 24.8. The van der Waals surface area contributed by atoms with Gasteiger partial charge in [0.15, 0.2) is 5.75 Å². The average Bonchev–Trinajstić information content (AvgIpc) is 2.68. The van der Waals surface area contributed by atoms with E-state index in [4.69, 9.17) is 37.0 Å². The minimum atomic E-state index is -4.65. The maximum absolute atomic E-state index is 12.9. The topological polar surface area (TPSA) is 87.9 Å². The lowest BCUT2D eigenvalue weighted by atomic mass is 10.2. The fourth-order valence-corrected chi connectivity index (χ4v) is 5.33. The molecule has 0 amide bonds. The number of alkyl halides is 3. The van der Waals surface area contributed by atoms with Gasteiger partial charge < -0.3 is 13.8 Å². The molecule has 2 aromatic carbocycles. The summed E-state index contributed by atoms with van der Waals surface area (Å²) < 4.78 is 65.8. The van der Waals surface area contributed by atoms with Crippen molar-refractivity contribution in [2.45, 2.75) is 11.1 Å². The van der Waals surface area contributed by atoms with Gasteiger partial charge in [0.25, 0.3) is 5.69 Å². The molecule has 0 aliphatic heterocycles. The maximum Gasteiger partial charge on any atom is 0.416 e. The molecule has 2 aromatic rings. The Morgan fingerprint density at radius 2 is 1.70 bits per heavy atom. The van der Waals surface area contributed by atoms with Gasteiger partial charge in [0, 0.05) is 26.4 Å². The van der Waals surface area contributed by atoms with Crippen LogP contribution in [0.5, 0.6) is 11.5 Å². The Hall–Kier alpha value is -1.49. The van der Waals surface area contributed by atoms with Gasteiger partial charge in [0.05, 0.1) is 25.4 Å². The molecule has 0 saturated carbocycles. The smallest absolute Gasteiger partial charge is 0.416 e. The van der Waals surface area contributed by atoms with E-state index < -0.39 is 34.3 Å². The molecule has 0 aliphatic carbocycles. The van der Waals surface area contributed by atoms with Crippen molar-refractivity contribution < 1.29 is 36.4 Å². The predicted octanol–water partition coefficient (Wildman–Crippen LogP) is 7.25. The quantitative estimate of drug-likeness (QED) is 0.161. The summed E-state index contributed by atoms with van der Waals surface area (Å²) in [6.45, 7) is 0. The number of ether oxygens (including phenoxy) is 1. The van der Waals surface area contributed by atoms with Crippen molar-refractivity contribution in [3.8, 4) is 11.5 Å². The minimum absolute atomic E-state index is 0.0105. The van der Waals surface area contributed by atoms with Crippen molar-refractivity contribution in [1.82, 2.24) is 0 Å². The van der Waals surface area contributed by atoms with E-state index in [9.17, 15) is 27.9 Å². The number of thioether (sulfide) groups is 1. The van der Waals surface area contributed by atoms with Crippen LogP contribution in [0, 0.1) is 10.1 Å². The van der Waals surface area contributed by atoms with Crippen molar-refractivity contribution in [1.29, 1.82) is 0 Å². The third kappa shape index (κ3) is 6.03. The lowest BCUT2D eigenvalue weighted by Gasteiger charge is -2.15. The zero-order valence-electron chi connectivity index (χ0n) is 15.2. The van der Waals surface area contributed by atoms with Gasteiger partial charge >= 0.3 is 13.8 Å².